The van der Waals surface area contributed by atoms with Crippen molar-refractivity contribution in [3.63, 3.8) is 0 Å². The van der Waals surface area contributed by atoms with Crippen LogP contribution >= 0.6 is 11.3 Å². The second-order valence-corrected chi connectivity index (χ2v) is 9.65. The first-order valence-corrected chi connectivity index (χ1v) is 12.5. The Morgan fingerprint density at radius 2 is 1.70 bits per heavy atom. The van der Waals surface area contributed by atoms with Gasteiger partial charge in [0, 0.05) is 30.3 Å². The average Bonchev–Trinajstić information content (AvgIpc) is 3.38. The molecule has 176 valence electrons. The zero-order valence-corrected chi connectivity index (χ0v) is 19.4. The third kappa shape index (κ3) is 5.78. The summed E-state index contributed by atoms with van der Waals surface area (Å²) < 4.78 is 0. The minimum atomic E-state index is -1.38. The largest absolute Gasteiger partial charge is 0.378 e. The number of likely N-dealkylation sites (tertiary alicyclic amines) is 1. The van der Waals surface area contributed by atoms with Gasteiger partial charge in [-0.3, -0.25) is 25.2 Å². The molecule has 1 unspecified atom stereocenters. The van der Waals surface area contributed by atoms with Crippen LogP contribution in [0.3, 0.4) is 0 Å². The van der Waals surface area contributed by atoms with Crippen LogP contribution in [-0.2, 0) is 9.59 Å². The number of rotatable bonds is 5. The van der Waals surface area contributed by atoms with Crippen molar-refractivity contribution in [2.45, 2.75) is 57.0 Å². The Balaban J connectivity index is 1.25. The lowest BCUT2D eigenvalue weighted by atomic mass is 9.87. The highest BCUT2D eigenvalue weighted by Gasteiger charge is 2.30. The molecule has 2 fully saturated rings. The molecular weight excluding hydrogens is 440 g/mol. The molecule has 0 spiro atoms. The minimum Gasteiger partial charge on any atom is -0.378 e. The number of aliphatic hydroxyl groups is 1. The Morgan fingerprint density at radius 3 is 2.39 bits per heavy atom. The molecular formula is C24H30N4O4S. The van der Waals surface area contributed by atoms with E-state index in [0.717, 1.165) is 56.6 Å². The molecule has 1 aromatic heterocycles. The molecule has 4 rings (SSSR count). The van der Waals surface area contributed by atoms with E-state index in [0.29, 0.717) is 11.5 Å². The van der Waals surface area contributed by atoms with E-state index >= 15 is 0 Å². The number of nitrogens with zero attached hydrogens (tertiary/aromatic N) is 2. The van der Waals surface area contributed by atoms with Gasteiger partial charge >= 0.3 is 0 Å². The van der Waals surface area contributed by atoms with Gasteiger partial charge < -0.3 is 10.0 Å². The standard InChI is InChI=1S/C24H30N4O4S/c29-20(16-7-3-1-4-8-16)22(31)27-26-21(30)19-15-33-23(25-19)17-11-13-28(14-12-17)24(32)18-9-5-2-6-10-18/h1,3-4,7-8,15,17-18,20,29H,2,5-6,9-14H2,(H,26,30)(H,27,31). The summed E-state index contributed by atoms with van der Waals surface area (Å²) in [4.78, 5) is 43.7. The first-order chi connectivity index (χ1) is 16.0. The third-order valence-corrected chi connectivity index (χ3v) is 7.53. The molecule has 1 aliphatic carbocycles. The van der Waals surface area contributed by atoms with Gasteiger partial charge in [-0.25, -0.2) is 4.98 Å². The summed E-state index contributed by atoms with van der Waals surface area (Å²) in [6.45, 7) is 1.46. The molecule has 2 aromatic rings. The summed E-state index contributed by atoms with van der Waals surface area (Å²) in [5.41, 5.74) is 5.23. The quantitative estimate of drug-likeness (QED) is 0.582. The van der Waals surface area contributed by atoms with Crippen molar-refractivity contribution >= 4 is 29.1 Å². The molecule has 0 radical (unpaired) electrons. The topological polar surface area (TPSA) is 112 Å². The van der Waals surface area contributed by atoms with Crippen LogP contribution in [0.1, 0.15) is 78.0 Å². The van der Waals surface area contributed by atoms with Crippen LogP contribution in [0.15, 0.2) is 35.7 Å². The Bertz CT molecular complexity index is 966. The lowest BCUT2D eigenvalue weighted by Crippen LogP contribution is -2.44. The monoisotopic (exact) mass is 470 g/mol. The van der Waals surface area contributed by atoms with E-state index in [1.54, 1.807) is 35.7 Å². The fourth-order valence-electron chi connectivity index (χ4n) is 4.57. The molecule has 3 amide bonds. The Kier molecular flexibility index (Phi) is 7.72. The molecule has 3 N–H and O–H groups in total. The van der Waals surface area contributed by atoms with Crippen molar-refractivity contribution in [2.75, 3.05) is 13.1 Å². The number of carbonyl (C=O) groups is 3. The number of thiazole rings is 1. The molecule has 33 heavy (non-hydrogen) atoms. The smallest absolute Gasteiger partial charge is 0.289 e. The first-order valence-electron chi connectivity index (χ1n) is 11.6. The SMILES string of the molecule is O=C(NNC(=O)C(O)c1ccccc1)c1csc(C2CCN(C(=O)C3CCCCC3)CC2)n1. The molecule has 0 bridgehead atoms. The number of aliphatic hydroxyl groups excluding tert-OH is 1. The lowest BCUT2D eigenvalue weighted by molar-refractivity contribution is -0.137. The zero-order chi connectivity index (χ0) is 23.2. The van der Waals surface area contributed by atoms with Crippen molar-refractivity contribution < 1.29 is 19.5 Å². The van der Waals surface area contributed by atoms with Gasteiger partial charge in [-0.15, -0.1) is 11.3 Å². The highest BCUT2D eigenvalue weighted by atomic mass is 32.1. The number of hydrazine groups is 1. The van der Waals surface area contributed by atoms with Crippen LogP contribution in [0.2, 0.25) is 0 Å². The second-order valence-electron chi connectivity index (χ2n) is 8.76. The van der Waals surface area contributed by atoms with Crippen LogP contribution in [0.5, 0.6) is 0 Å². The van der Waals surface area contributed by atoms with E-state index in [1.807, 2.05) is 4.90 Å². The number of amides is 3. The maximum atomic E-state index is 12.8. The highest BCUT2D eigenvalue weighted by Crippen LogP contribution is 2.32. The van der Waals surface area contributed by atoms with E-state index in [2.05, 4.69) is 15.8 Å². The number of hydrogen-bond acceptors (Lipinski definition) is 6. The Morgan fingerprint density at radius 1 is 1.00 bits per heavy atom. The van der Waals surface area contributed by atoms with E-state index in [-0.39, 0.29) is 17.5 Å². The molecule has 1 saturated carbocycles. The number of carbonyl (C=O) groups excluding carboxylic acids is 3. The number of nitrogens with one attached hydrogen (secondary N) is 2. The maximum Gasteiger partial charge on any atom is 0.289 e. The number of aromatic nitrogens is 1. The molecule has 1 aliphatic heterocycles. The zero-order valence-electron chi connectivity index (χ0n) is 18.5. The van der Waals surface area contributed by atoms with Crippen molar-refractivity contribution in [3.8, 4) is 0 Å². The van der Waals surface area contributed by atoms with Gasteiger partial charge in [0.2, 0.25) is 5.91 Å². The summed E-state index contributed by atoms with van der Waals surface area (Å²) in [7, 11) is 0. The van der Waals surface area contributed by atoms with Gasteiger partial charge in [-0.05, 0) is 31.2 Å². The van der Waals surface area contributed by atoms with Crippen molar-refractivity contribution in [1.82, 2.24) is 20.7 Å². The second kappa shape index (κ2) is 10.9. The first kappa shape index (κ1) is 23.4. The molecule has 1 saturated heterocycles. The fraction of sp³-hybridized carbons (Fsp3) is 0.500. The third-order valence-electron chi connectivity index (χ3n) is 6.53. The Labute approximate surface area is 197 Å². The normalized spacial score (nSPS) is 18.5. The van der Waals surface area contributed by atoms with E-state index in [9.17, 15) is 19.5 Å². The highest BCUT2D eigenvalue weighted by molar-refractivity contribution is 7.09. The molecule has 8 nitrogen and oxygen atoms in total. The van der Waals surface area contributed by atoms with E-state index < -0.39 is 17.9 Å². The van der Waals surface area contributed by atoms with E-state index in [1.165, 1.54) is 17.8 Å². The van der Waals surface area contributed by atoms with Crippen LogP contribution in [0.4, 0.5) is 0 Å². The number of benzene rings is 1. The maximum absolute atomic E-state index is 12.8. The summed E-state index contributed by atoms with van der Waals surface area (Å²) in [5, 5.41) is 12.6. The van der Waals surface area contributed by atoms with Gasteiger partial charge in [-0.1, -0.05) is 49.6 Å². The summed E-state index contributed by atoms with van der Waals surface area (Å²) in [6, 6.07) is 8.49. The fourth-order valence-corrected chi connectivity index (χ4v) is 5.54. The predicted octanol–water partition coefficient (Wildman–Crippen LogP) is 2.92. The summed E-state index contributed by atoms with van der Waals surface area (Å²) in [5.74, 6) is -0.528. The summed E-state index contributed by atoms with van der Waals surface area (Å²) in [6.07, 6.45) is 5.89. The van der Waals surface area contributed by atoms with Crippen molar-refractivity contribution in [2.24, 2.45) is 5.92 Å². The molecule has 9 heteroatoms. The van der Waals surface area contributed by atoms with Crippen LogP contribution in [-0.4, -0.2) is 45.8 Å². The average molecular weight is 471 g/mol. The van der Waals surface area contributed by atoms with Crippen LogP contribution < -0.4 is 10.9 Å². The minimum absolute atomic E-state index is 0.195. The van der Waals surface area contributed by atoms with Gasteiger partial charge in [0.15, 0.2) is 6.10 Å². The number of piperidine rings is 1. The van der Waals surface area contributed by atoms with Crippen LogP contribution in [0, 0.1) is 5.92 Å². The molecule has 1 atom stereocenters. The van der Waals surface area contributed by atoms with E-state index in [4.69, 9.17) is 0 Å². The van der Waals surface area contributed by atoms with Crippen LogP contribution in [0.25, 0.3) is 0 Å². The van der Waals surface area contributed by atoms with Gasteiger partial charge in [0.1, 0.15) is 5.69 Å². The molecule has 2 aliphatic rings. The van der Waals surface area contributed by atoms with Crippen molar-refractivity contribution in [3.05, 3.63) is 52.0 Å². The molecule has 1 aromatic carbocycles. The predicted molar refractivity (Wildman–Crippen MR) is 124 cm³/mol. The number of hydrogen-bond donors (Lipinski definition) is 3. The summed E-state index contributed by atoms with van der Waals surface area (Å²) >= 11 is 1.42. The van der Waals surface area contributed by atoms with Gasteiger partial charge in [0.05, 0.1) is 5.01 Å². The van der Waals surface area contributed by atoms with Gasteiger partial charge in [0.25, 0.3) is 11.8 Å². The lowest BCUT2D eigenvalue weighted by Gasteiger charge is -2.34. The van der Waals surface area contributed by atoms with Crippen molar-refractivity contribution in [1.29, 1.82) is 0 Å². The Hall–Kier alpha value is -2.78. The molecule has 2 heterocycles. The van der Waals surface area contributed by atoms with Gasteiger partial charge in [-0.2, -0.15) is 0 Å².